The van der Waals surface area contributed by atoms with Crippen molar-refractivity contribution in [2.45, 2.75) is 25.7 Å². The molecule has 3 nitrogen and oxygen atoms in total. The molecule has 0 aliphatic carbocycles. The molecule has 0 saturated carbocycles. The molecule has 1 amide bonds. The van der Waals surface area contributed by atoms with Crippen LogP contribution in [0.15, 0.2) is 0 Å². The summed E-state index contributed by atoms with van der Waals surface area (Å²) < 4.78 is 0. The molecule has 1 aliphatic heterocycles. The SMILES string of the molecule is O=C(O)N1CCC(C#CCCCCl)CC1. The second kappa shape index (κ2) is 6.58. The van der Waals surface area contributed by atoms with E-state index in [4.69, 9.17) is 16.7 Å². The second-order valence-electron chi connectivity index (χ2n) is 3.66. The van der Waals surface area contributed by atoms with Gasteiger partial charge < -0.3 is 10.0 Å². The van der Waals surface area contributed by atoms with Crippen molar-refractivity contribution in [3.63, 3.8) is 0 Å². The van der Waals surface area contributed by atoms with E-state index in [0.717, 1.165) is 25.7 Å². The monoisotopic (exact) mass is 229 g/mol. The van der Waals surface area contributed by atoms with Crippen LogP contribution in [0.1, 0.15) is 25.7 Å². The first kappa shape index (κ1) is 12.2. The molecule has 0 spiro atoms. The van der Waals surface area contributed by atoms with E-state index in [1.807, 2.05) is 0 Å². The van der Waals surface area contributed by atoms with Gasteiger partial charge in [-0.05, 0) is 19.3 Å². The van der Waals surface area contributed by atoms with Crippen LogP contribution >= 0.6 is 11.6 Å². The van der Waals surface area contributed by atoms with Crippen molar-refractivity contribution in [3.8, 4) is 11.8 Å². The highest BCUT2D eigenvalue weighted by Gasteiger charge is 2.20. The molecule has 0 unspecified atom stereocenters. The third-order valence-corrected chi connectivity index (χ3v) is 2.77. The Kier molecular flexibility index (Phi) is 5.34. The van der Waals surface area contributed by atoms with Crippen molar-refractivity contribution < 1.29 is 9.90 Å². The van der Waals surface area contributed by atoms with E-state index in [2.05, 4.69) is 11.8 Å². The van der Waals surface area contributed by atoms with Crippen LogP contribution in [-0.2, 0) is 0 Å². The normalized spacial score (nSPS) is 17.0. The Morgan fingerprint density at radius 3 is 2.67 bits per heavy atom. The average molecular weight is 230 g/mol. The predicted molar refractivity (Wildman–Crippen MR) is 60.1 cm³/mol. The van der Waals surface area contributed by atoms with E-state index in [9.17, 15) is 4.79 Å². The molecule has 0 aromatic rings. The maximum atomic E-state index is 10.6. The summed E-state index contributed by atoms with van der Waals surface area (Å²) in [7, 11) is 0. The molecule has 0 aromatic carbocycles. The maximum absolute atomic E-state index is 10.6. The van der Waals surface area contributed by atoms with Gasteiger partial charge in [0.15, 0.2) is 0 Å². The van der Waals surface area contributed by atoms with Crippen LogP contribution in [0.5, 0.6) is 0 Å². The molecule has 0 bridgehead atoms. The van der Waals surface area contributed by atoms with Crippen molar-refractivity contribution in [3.05, 3.63) is 0 Å². The number of alkyl halides is 1. The number of nitrogens with zero attached hydrogens (tertiary/aromatic N) is 1. The summed E-state index contributed by atoms with van der Waals surface area (Å²) in [6, 6.07) is 0. The quantitative estimate of drug-likeness (QED) is 0.449. The number of rotatable bonds is 2. The van der Waals surface area contributed by atoms with Gasteiger partial charge in [-0.3, -0.25) is 0 Å². The van der Waals surface area contributed by atoms with Gasteiger partial charge in [0, 0.05) is 31.3 Å². The van der Waals surface area contributed by atoms with Crippen molar-refractivity contribution in [2.75, 3.05) is 19.0 Å². The lowest BCUT2D eigenvalue weighted by Gasteiger charge is -2.27. The third-order valence-electron chi connectivity index (χ3n) is 2.51. The first-order valence-corrected chi connectivity index (χ1v) is 5.79. The largest absolute Gasteiger partial charge is 0.465 e. The lowest BCUT2D eigenvalue weighted by atomic mass is 9.97. The molecule has 15 heavy (non-hydrogen) atoms. The maximum Gasteiger partial charge on any atom is 0.407 e. The second-order valence-corrected chi connectivity index (χ2v) is 4.04. The summed E-state index contributed by atoms with van der Waals surface area (Å²) in [5, 5.41) is 8.75. The fraction of sp³-hybridized carbons (Fsp3) is 0.727. The summed E-state index contributed by atoms with van der Waals surface area (Å²) in [6.45, 7) is 1.23. The minimum atomic E-state index is -0.816. The molecule has 0 radical (unpaired) electrons. The zero-order valence-corrected chi connectivity index (χ0v) is 9.46. The summed E-state index contributed by atoms with van der Waals surface area (Å²) in [5.74, 6) is 7.32. The minimum absolute atomic E-state index is 0.371. The van der Waals surface area contributed by atoms with Crippen molar-refractivity contribution in [2.24, 2.45) is 5.92 Å². The molecule has 1 fully saturated rings. The Labute approximate surface area is 95.4 Å². The summed E-state index contributed by atoms with van der Waals surface area (Å²) >= 11 is 5.54. The molecule has 1 N–H and O–H groups in total. The Balaban J connectivity index is 2.24. The number of halogens is 1. The zero-order valence-electron chi connectivity index (χ0n) is 8.71. The predicted octanol–water partition coefficient (Wildman–Crippen LogP) is 2.40. The summed E-state index contributed by atoms with van der Waals surface area (Å²) in [5.41, 5.74) is 0. The van der Waals surface area contributed by atoms with Gasteiger partial charge in [-0.15, -0.1) is 17.5 Å². The van der Waals surface area contributed by atoms with Crippen LogP contribution in [0.25, 0.3) is 0 Å². The van der Waals surface area contributed by atoms with Gasteiger partial charge in [-0.2, -0.15) is 0 Å². The standard InChI is InChI=1S/C11H16ClNO2/c12-7-3-1-2-4-10-5-8-13(9-6-10)11(14)15/h10H,1,3,5-9H2,(H,14,15). The molecule has 1 aliphatic rings. The molecule has 1 saturated heterocycles. The van der Waals surface area contributed by atoms with Gasteiger partial charge in [0.05, 0.1) is 0 Å². The van der Waals surface area contributed by atoms with Crippen LogP contribution in [0.2, 0.25) is 0 Å². The Hall–Kier alpha value is -0.880. The number of unbranched alkanes of at least 4 members (excludes halogenated alkanes) is 1. The van der Waals surface area contributed by atoms with Crippen molar-refractivity contribution >= 4 is 17.7 Å². The van der Waals surface area contributed by atoms with Gasteiger partial charge in [-0.25, -0.2) is 4.79 Å². The van der Waals surface area contributed by atoms with E-state index in [1.165, 1.54) is 4.90 Å². The number of piperidine rings is 1. The lowest BCUT2D eigenvalue weighted by Crippen LogP contribution is -2.37. The summed E-state index contributed by atoms with van der Waals surface area (Å²) in [6.07, 6.45) is 2.69. The summed E-state index contributed by atoms with van der Waals surface area (Å²) in [4.78, 5) is 12.1. The van der Waals surface area contributed by atoms with Crippen LogP contribution in [0, 0.1) is 17.8 Å². The number of hydrogen-bond acceptors (Lipinski definition) is 1. The number of likely N-dealkylation sites (tertiary alicyclic amines) is 1. The van der Waals surface area contributed by atoms with Gasteiger partial charge in [-0.1, -0.05) is 5.92 Å². The number of amides is 1. The molecule has 1 rings (SSSR count). The van der Waals surface area contributed by atoms with E-state index in [-0.39, 0.29) is 0 Å². The van der Waals surface area contributed by atoms with Gasteiger partial charge in [0.1, 0.15) is 0 Å². The van der Waals surface area contributed by atoms with Crippen molar-refractivity contribution in [1.29, 1.82) is 0 Å². The van der Waals surface area contributed by atoms with Crippen LogP contribution in [0.3, 0.4) is 0 Å². The Bertz CT molecular complexity index is 261. The number of carboxylic acid groups (broad SMARTS) is 1. The van der Waals surface area contributed by atoms with E-state index < -0.39 is 6.09 Å². The van der Waals surface area contributed by atoms with Crippen molar-refractivity contribution in [1.82, 2.24) is 4.90 Å². The first-order valence-electron chi connectivity index (χ1n) is 5.26. The van der Waals surface area contributed by atoms with Crippen LogP contribution in [-0.4, -0.2) is 35.1 Å². The highest BCUT2D eigenvalue weighted by molar-refractivity contribution is 6.17. The molecule has 0 atom stereocenters. The molecule has 0 aromatic heterocycles. The highest BCUT2D eigenvalue weighted by Crippen LogP contribution is 2.16. The smallest absolute Gasteiger partial charge is 0.407 e. The van der Waals surface area contributed by atoms with Gasteiger partial charge in [0.2, 0.25) is 0 Å². The molecule has 1 heterocycles. The fourth-order valence-electron chi connectivity index (χ4n) is 1.59. The molecule has 84 valence electrons. The van der Waals surface area contributed by atoms with E-state index in [0.29, 0.717) is 24.9 Å². The minimum Gasteiger partial charge on any atom is -0.465 e. The number of hydrogen-bond donors (Lipinski definition) is 1. The van der Waals surface area contributed by atoms with Crippen LogP contribution < -0.4 is 0 Å². The molecular formula is C11H16ClNO2. The molecular weight excluding hydrogens is 214 g/mol. The average Bonchev–Trinajstić information content (AvgIpc) is 2.25. The third kappa shape index (κ3) is 4.44. The fourth-order valence-corrected chi connectivity index (χ4v) is 1.72. The highest BCUT2D eigenvalue weighted by atomic mass is 35.5. The van der Waals surface area contributed by atoms with Gasteiger partial charge in [0.25, 0.3) is 0 Å². The van der Waals surface area contributed by atoms with Gasteiger partial charge >= 0.3 is 6.09 Å². The Morgan fingerprint density at radius 2 is 2.13 bits per heavy atom. The zero-order chi connectivity index (χ0) is 11.1. The first-order chi connectivity index (χ1) is 7.24. The van der Waals surface area contributed by atoms with E-state index in [1.54, 1.807) is 0 Å². The topological polar surface area (TPSA) is 40.5 Å². The van der Waals surface area contributed by atoms with E-state index >= 15 is 0 Å². The Morgan fingerprint density at radius 1 is 1.47 bits per heavy atom. The number of carbonyl (C=O) groups is 1. The lowest BCUT2D eigenvalue weighted by molar-refractivity contribution is 0.130. The molecule has 4 heteroatoms. The van der Waals surface area contributed by atoms with Crippen LogP contribution in [0.4, 0.5) is 4.79 Å².